The highest BCUT2D eigenvalue weighted by Gasteiger charge is 2.29. The molecule has 3 nitrogen and oxygen atoms in total. The molecule has 2 aliphatic rings. The van der Waals surface area contributed by atoms with E-state index < -0.39 is 0 Å². The predicted molar refractivity (Wildman–Crippen MR) is 83.8 cm³/mol. The molecule has 0 spiro atoms. The molecule has 2 heterocycles. The quantitative estimate of drug-likeness (QED) is 0.854. The van der Waals surface area contributed by atoms with Gasteiger partial charge in [0, 0.05) is 24.1 Å². The van der Waals surface area contributed by atoms with Gasteiger partial charge in [-0.3, -0.25) is 4.79 Å². The van der Waals surface area contributed by atoms with Gasteiger partial charge in [-0.2, -0.15) is 0 Å². The number of hydrogen-bond donors (Lipinski definition) is 0. The number of rotatable bonds is 4. The molecular formula is C18H19NO2. The molecule has 0 N–H and O–H groups in total. The Labute approximate surface area is 124 Å². The molecular weight excluding hydrogens is 262 g/mol. The van der Waals surface area contributed by atoms with E-state index in [1.807, 2.05) is 23.1 Å². The highest BCUT2D eigenvalue weighted by atomic mass is 16.5. The van der Waals surface area contributed by atoms with E-state index in [-0.39, 0.29) is 5.91 Å². The lowest BCUT2D eigenvalue weighted by Crippen LogP contribution is -2.28. The van der Waals surface area contributed by atoms with Crippen molar-refractivity contribution in [1.29, 1.82) is 0 Å². The van der Waals surface area contributed by atoms with E-state index in [4.69, 9.17) is 4.74 Å². The molecule has 3 heteroatoms. The van der Waals surface area contributed by atoms with Gasteiger partial charge in [-0.05, 0) is 43.2 Å². The molecule has 1 atom stereocenters. The number of anilines is 1. The second-order valence-electron chi connectivity index (χ2n) is 5.91. The fourth-order valence-electron chi connectivity index (χ4n) is 3.55. The number of ether oxygens (including phenoxy) is 1. The molecule has 0 saturated carbocycles. The van der Waals surface area contributed by atoms with Gasteiger partial charge >= 0.3 is 0 Å². The van der Waals surface area contributed by atoms with E-state index in [1.165, 1.54) is 12.8 Å². The Morgan fingerprint density at radius 3 is 2.86 bits per heavy atom. The van der Waals surface area contributed by atoms with Crippen molar-refractivity contribution < 1.29 is 9.53 Å². The summed E-state index contributed by atoms with van der Waals surface area (Å²) in [6, 6.07) is 12.1. The summed E-state index contributed by atoms with van der Waals surface area (Å²) in [5.41, 5.74) is 1.92. The summed E-state index contributed by atoms with van der Waals surface area (Å²) in [6.07, 6.45) is 4.81. The topological polar surface area (TPSA) is 29.5 Å². The normalized spacial score (nSPS) is 20.7. The molecule has 1 amide bonds. The minimum absolute atomic E-state index is 0.147. The lowest BCUT2D eigenvalue weighted by molar-refractivity contribution is 0.0968. The van der Waals surface area contributed by atoms with Gasteiger partial charge in [0.25, 0.3) is 5.91 Å². The van der Waals surface area contributed by atoms with Crippen LogP contribution in [0.4, 0.5) is 5.69 Å². The Hall–Kier alpha value is -1.87. The van der Waals surface area contributed by atoms with Crippen LogP contribution in [0.15, 0.2) is 36.4 Å². The average Bonchev–Trinajstić information content (AvgIpc) is 3.11. The van der Waals surface area contributed by atoms with E-state index in [0.717, 1.165) is 48.0 Å². The molecule has 108 valence electrons. The van der Waals surface area contributed by atoms with Crippen molar-refractivity contribution in [3.8, 4) is 0 Å². The number of carbonyl (C=O) groups excluding carboxylic acids is 1. The Bertz CT molecular complexity index is 683. The molecule has 0 bridgehead atoms. The predicted octanol–water partition coefficient (Wildman–Crippen LogP) is 3.76. The van der Waals surface area contributed by atoms with E-state index in [9.17, 15) is 4.79 Å². The van der Waals surface area contributed by atoms with Crippen molar-refractivity contribution in [2.24, 2.45) is 0 Å². The standard InChI is InChI=1S/C18H19NO2/c20-18-15-9-1-5-13-6-2-10-16(17(13)15)19(18)11-3-7-14-8-4-12-21-14/h1-2,5-6,9-10,14H,3-4,7-8,11-12H2. The minimum atomic E-state index is 0.147. The summed E-state index contributed by atoms with van der Waals surface area (Å²) in [7, 11) is 0. The molecule has 1 unspecified atom stereocenters. The van der Waals surface area contributed by atoms with Gasteiger partial charge < -0.3 is 9.64 Å². The number of amides is 1. The molecule has 0 aromatic heterocycles. The van der Waals surface area contributed by atoms with Gasteiger partial charge in [-0.25, -0.2) is 0 Å². The SMILES string of the molecule is O=C1c2cccc3cccc(c23)N1CCCC1CCCO1. The number of benzene rings is 2. The smallest absolute Gasteiger partial charge is 0.258 e. The van der Waals surface area contributed by atoms with E-state index in [0.29, 0.717) is 6.10 Å². The zero-order chi connectivity index (χ0) is 14.2. The van der Waals surface area contributed by atoms with Gasteiger partial charge in [0.2, 0.25) is 0 Å². The van der Waals surface area contributed by atoms with Crippen molar-refractivity contribution in [3.63, 3.8) is 0 Å². The van der Waals surface area contributed by atoms with Crippen LogP contribution in [0.5, 0.6) is 0 Å². The second-order valence-corrected chi connectivity index (χ2v) is 5.91. The minimum Gasteiger partial charge on any atom is -0.378 e. The molecule has 0 radical (unpaired) electrons. The van der Waals surface area contributed by atoms with Gasteiger partial charge in [-0.15, -0.1) is 0 Å². The van der Waals surface area contributed by atoms with Gasteiger partial charge in [0.1, 0.15) is 0 Å². The van der Waals surface area contributed by atoms with Crippen molar-refractivity contribution in [1.82, 2.24) is 0 Å². The van der Waals surface area contributed by atoms with Gasteiger partial charge in [0.15, 0.2) is 0 Å². The molecule has 2 aromatic rings. The maximum atomic E-state index is 12.6. The number of hydrogen-bond acceptors (Lipinski definition) is 2. The third-order valence-electron chi connectivity index (χ3n) is 4.58. The first kappa shape index (κ1) is 12.8. The monoisotopic (exact) mass is 281 g/mol. The van der Waals surface area contributed by atoms with Crippen LogP contribution in [0.3, 0.4) is 0 Å². The van der Waals surface area contributed by atoms with Crippen LogP contribution in [-0.2, 0) is 4.74 Å². The van der Waals surface area contributed by atoms with Gasteiger partial charge in [-0.1, -0.05) is 24.3 Å². The van der Waals surface area contributed by atoms with Crippen LogP contribution in [0.25, 0.3) is 10.8 Å². The van der Waals surface area contributed by atoms with Crippen LogP contribution >= 0.6 is 0 Å². The molecule has 2 aromatic carbocycles. The zero-order valence-corrected chi connectivity index (χ0v) is 12.0. The molecule has 1 fully saturated rings. The van der Waals surface area contributed by atoms with Crippen LogP contribution < -0.4 is 4.90 Å². The molecule has 2 aliphatic heterocycles. The largest absolute Gasteiger partial charge is 0.378 e. The van der Waals surface area contributed by atoms with Crippen LogP contribution in [0.1, 0.15) is 36.0 Å². The fraction of sp³-hybridized carbons (Fsp3) is 0.389. The van der Waals surface area contributed by atoms with Crippen molar-refractivity contribution in [3.05, 3.63) is 42.0 Å². The van der Waals surface area contributed by atoms with E-state index in [1.54, 1.807) is 0 Å². The Kier molecular flexibility index (Phi) is 3.15. The summed E-state index contributed by atoms with van der Waals surface area (Å²) >= 11 is 0. The molecule has 0 aliphatic carbocycles. The Morgan fingerprint density at radius 2 is 2.05 bits per heavy atom. The third-order valence-corrected chi connectivity index (χ3v) is 4.58. The number of carbonyl (C=O) groups is 1. The van der Waals surface area contributed by atoms with Gasteiger partial charge in [0.05, 0.1) is 11.8 Å². The summed E-state index contributed by atoms with van der Waals surface area (Å²) in [6.45, 7) is 1.69. The summed E-state index contributed by atoms with van der Waals surface area (Å²) in [4.78, 5) is 14.5. The van der Waals surface area contributed by atoms with Crippen LogP contribution in [0.2, 0.25) is 0 Å². The highest BCUT2D eigenvalue weighted by Crippen LogP contribution is 2.37. The van der Waals surface area contributed by atoms with E-state index in [2.05, 4.69) is 18.2 Å². The van der Waals surface area contributed by atoms with Crippen molar-refractivity contribution in [2.45, 2.75) is 31.8 Å². The Balaban J connectivity index is 1.55. The number of nitrogens with zero attached hydrogens (tertiary/aromatic N) is 1. The fourth-order valence-corrected chi connectivity index (χ4v) is 3.55. The van der Waals surface area contributed by atoms with Crippen LogP contribution in [-0.4, -0.2) is 25.2 Å². The zero-order valence-electron chi connectivity index (χ0n) is 12.0. The van der Waals surface area contributed by atoms with Crippen molar-refractivity contribution >= 4 is 22.4 Å². The second kappa shape index (κ2) is 5.15. The first-order chi connectivity index (χ1) is 10.3. The summed E-state index contributed by atoms with van der Waals surface area (Å²) < 4.78 is 5.66. The lowest BCUT2D eigenvalue weighted by atomic mass is 10.1. The molecule has 1 saturated heterocycles. The summed E-state index contributed by atoms with van der Waals surface area (Å²) in [5, 5.41) is 2.27. The lowest BCUT2D eigenvalue weighted by Gasteiger charge is -2.18. The molecule has 21 heavy (non-hydrogen) atoms. The van der Waals surface area contributed by atoms with E-state index >= 15 is 0 Å². The Morgan fingerprint density at radius 1 is 1.19 bits per heavy atom. The maximum absolute atomic E-state index is 12.6. The third kappa shape index (κ3) is 2.12. The maximum Gasteiger partial charge on any atom is 0.258 e. The highest BCUT2D eigenvalue weighted by molar-refractivity contribution is 6.24. The van der Waals surface area contributed by atoms with Crippen LogP contribution in [0, 0.1) is 0 Å². The first-order valence-corrected chi connectivity index (χ1v) is 7.80. The molecule has 4 rings (SSSR count). The first-order valence-electron chi connectivity index (χ1n) is 7.80. The van der Waals surface area contributed by atoms with Crippen molar-refractivity contribution in [2.75, 3.05) is 18.1 Å². The summed E-state index contributed by atoms with van der Waals surface area (Å²) in [5.74, 6) is 0.147. The average molecular weight is 281 g/mol.